The van der Waals surface area contributed by atoms with Crippen molar-refractivity contribution in [2.24, 2.45) is 0 Å². The van der Waals surface area contributed by atoms with Gasteiger partial charge in [0.2, 0.25) is 0 Å². The number of hydrogen-bond acceptors (Lipinski definition) is 3. The number of hydrogen-bond donors (Lipinski definition) is 2. The third-order valence-corrected chi connectivity index (χ3v) is 3.93. The number of carboxylic acid groups (broad SMARTS) is 1. The van der Waals surface area contributed by atoms with Crippen LogP contribution in [0.4, 0.5) is 0 Å². The van der Waals surface area contributed by atoms with E-state index >= 15 is 0 Å². The first kappa shape index (κ1) is 14.5. The van der Waals surface area contributed by atoms with E-state index in [9.17, 15) is 15.0 Å². The minimum atomic E-state index is -0.912. The van der Waals surface area contributed by atoms with Crippen molar-refractivity contribution in [2.45, 2.75) is 70.6 Å². The van der Waals surface area contributed by atoms with E-state index in [4.69, 9.17) is 0 Å². The predicted octanol–water partition coefficient (Wildman–Crippen LogP) is 1.87. The fraction of sp³-hybridized carbons (Fsp3) is 0.923. The molecule has 0 aromatic heterocycles. The van der Waals surface area contributed by atoms with Gasteiger partial charge >= 0.3 is 5.97 Å². The summed E-state index contributed by atoms with van der Waals surface area (Å²) in [7, 11) is 0. The Bertz CT molecular complexity index is 265. The number of likely N-dealkylation sites (N-methyl/N-ethyl adjacent to an activating group) is 1. The lowest BCUT2D eigenvalue weighted by molar-refractivity contribution is -0.152. The quantitative estimate of drug-likeness (QED) is 0.740. The largest absolute Gasteiger partial charge is 0.480 e. The zero-order valence-corrected chi connectivity index (χ0v) is 11.1. The molecular weight excluding hydrogens is 218 g/mol. The summed E-state index contributed by atoms with van der Waals surface area (Å²) in [4.78, 5) is 13.3. The summed E-state index contributed by atoms with van der Waals surface area (Å²) in [6, 6.07) is -0.0198. The Morgan fingerprint density at radius 2 is 1.88 bits per heavy atom. The van der Waals surface area contributed by atoms with E-state index in [0.717, 1.165) is 32.1 Å². The summed E-state index contributed by atoms with van der Waals surface area (Å²) < 4.78 is 0. The van der Waals surface area contributed by atoms with Crippen molar-refractivity contribution in [3.8, 4) is 0 Å². The second kappa shape index (κ2) is 5.83. The SMILES string of the molecule is CCN(C1CCCCCC1O)C(C)(C)C(=O)O. The topological polar surface area (TPSA) is 60.8 Å². The molecule has 0 spiro atoms. The molecule has 100 valence electrons. The van der Waals surface area contributed by atoms with E-state index in [2.05, 4.69) is 0 Å². The van der Waals surface area contributed by atoms with Crippen LogP contribution in [0.3, 0.4) is 0 Å². The molecule has 0 saturated heterocycles. The highest BCUT2D eigenvalue weighted by Gasteiger charge is 2.40. The lowest BCUT2D eigenvalue weighted by atomic mass is 9.95. The molecule has 1 rings (SSSR count). The van der Waals surface area contributed by atoms with Gasteiger partial charge in [0.05, 0.1) is 6.10 Å². The van der Waals surface area contributed by atoms with Gasteiger partial charge in [0.25, 0.3) is 0 Å². The fourth-order valence-electron chi connectivity index (χ4n) is 2.80. The summed E-state index contributed by atoms with van der Waals surface area (Å²) >= 11 is 0. The first-order chi connectivity index (χ1) is 7.91. The van der Waals surface area contributed by atoms with Gasteiger partial charge in [-0.3, -0.25) is 9.69 Å². The van der Waals surface area contributed by atoms with Crippen LogP contribution in [0.1, 0.15) is 52.9 Å². The molecule has 4 heteroatoms. The molecule has 0 heterocycles. The smallest absolute Gasteiger partial charge is 0.323 e. The van der Waals surface area contributed by atoms with E-state index in [1.54, 1.807) is 13.8 Å². The first-order valence-corrected chi connectivity index (χ1v) is 6.59. The molecule has 4 nitrogen and oxygen atoms in total. The van der Waals surface area contributed by atoms with Crippen molar-refractivity contribution in [3.05, 3.63) is 0 Å². The van der Waals surface area contributed by atoms with Gasteiger partial charge in [-0.05, 0) is 33.2 Å². The minimum Gasteiger partial charge on any atom is -0.480 e. The van der Waals surface area contributed by atoms with Gasteiger partial charge in [-0.2, -0.15) is 0 Å². The summed E-state index contributed by atoms with van der Waals surface area (Å²) in [5.41, 5.74) is -0.912. The third kappa shape index (κ3) is 3.19. The highest BCUT2D eigenvalue weighted by molar-refractivity contribution is 5.77. The highest BCUT2D eigenvalue weighted by atomic mass is 16.4. The molecule has 1 aliphatic carbocycles. The second-order valence-corrected chi connectivity index (χ2v) is 5.42. The van der Waals surface area contributed by atoms with Gasteiger partial charge in [-0.1, -0.05) is 26.2 Å². The summed E-state index contributed by atoms with van der Waals surface area (Å²) in [5, 5.41) is 19.5. The average Bonchev–Trinajstić information content (AvgIpc) is 2.45. The molecule has 1 saturated carbocycles. The molecule has 1 aliphatic rings. The monoisotopic (exact) mass is 243 g/mol. The maximum Gasteiger partial charge on any atom is 0.323 e. The Hall–Kier alpha value is -0.610. The number of aliphatic carboxylic acids is 1. The van der Waals surface area contributed by atoms with Gasteiger partial charge in [-0.25, -0.2) is 0 Å². The van der Waals surface area contributed by atoms with Crippen LogP contribution in [-0.4, -0.2) is 45.3 Å². The van der Waals surface area contributed by atoms with Gasteiger partial charge in [0.1, 0.15) is 5.54 Å². The van der Waals surface area contributed by atoms with E-state index in [-0.39, 0.29) is 6.04 Å². The zero-order valence-electron chi connectivity index (χ0n) is 11.1. The zero-order chi connectivity index (χ0) is 13.1. The van der Waals surface area contributed by atoms with Crippen molar-refractivity contribution < 1.29 is 15.0 Å². The highest BCUT2D eigenvalue weighted by Crippen LogP contribution is 2.28. The normalized spacial score (nSPS) is 26.9. The Morgan fingerprint density at radius 1 is 1.29 bits per heavy atom. The van der Waals surface area contributed by atoms with Crippen molar-refractivity contribution in [1.29, 1.82) is 0 Å². The Morgan fingerprint density at radius 3 is 2.41 bits per heavy atom. The van der Waals surface area contributed by atoms with Gasteiger partial charge < -0.3 is 10.2 Å². The Labute approximate surface area is 104 Å². The summed E-state index contributed by atoms with van der Waals surface area (Å²) in [5.74, 6) is -0.823. The van der Waals surface area contributed by atoms with E-state index < -0.39 is 17.6 Å². The van der Waals surface area contributed by atoms with E-state index in [0.29, 0.717) is 6.54 Å². The maximum atomic E-state index is 11.3. The molecular formula is C13H25NO3. The number of carbonyl (C=O) groups is 1. The van der Waals surface area contributed by atoms with Crippen LogP contribution >= 0.6 is 0 Å². The second-order valence-electron chi connectivity index (χ2n) is 5.42. The van der Waals surface area contributed by atoms with Crippen LogP contribution in [0, 0.1) is 0 Å². The van der Waals surface area contributed by atoms with Crippen molar-refractivity contribution in [3.63, 3.8) is 0 Å². The molecule has 0 bridgehead atoms. The predicted molar refractivity (Wildman–Crippen MR) is 67.0 cm³/mol. The van der Waals surface area contributed by atoms with Crippen LogP contribution in [0.5, 0.6) is 0 Å². The molecule has 0 aromatic rings. The summed E-state index contributed by atoms with van der Waals surface area (Å²) in [6.07, 6.45) is 4.55. The lowest BCUT2D eigenvalue weighted by Crippen LogP contribution is -2.57. The van der Waals surface area contributed by atoms with Gasteiger partial charge in [-0.15, -0.1) is 0 Å². The van der Waals surface area contributed by atoms with Crippen LogP contribution in [-0.2, 0) is 4.79 Å². The number of aliphatic hydroxyl groups is 1. The van der Waals surface area contributed by atoms with Gasteiger partial charge in [0, 0.05) is 6.04 Å². The molecule has 2 atom stereocenters. The van der Waals surface area contributed by atoms with Crippen molar-refractivity contribution >= 4 is 5.97 Å². The Kier molecular flexibility index (Phi) is 4.95. The standard InChI is InChI=1S/C13H25NO3/c1-4-14(13(2,3)12(16)17)10-8-6-5-7-9-11(10)15/h10-11,15H,4-9H2,1-3H3,(H,16,17). The minimum absolute atomic E-state index is 0.0198. The average molecular weight is 243 g/mol. The first-order valence-electron chi connectivity index (χ1n) is 6.59. The van der Waals surface area contributed by atoms with Crippen LogP contribution in [0.2, 0.25) is 0 Å². The van der Waals surface area contributed by atoms with Crippen LogP contribution in [0.15, 0.2) is 0 Å². The third-order valence-electron chi connectivity index (χ3n) is 3.93. The van der Waals surface area contributed by atoms with Gasteiger partial charge in [0.15, 0.2) is 0 Å². The number of carboxylic acids is 1. The number of nitrogens with zero attached hydrogens (tertiary/aromatic N) is 1. The van der Waals surface area contributed by atoms with Crippen LogP contribution < -0.4 is 0 Å². The molecule has 0 amide bonds. The molecule has 1 fully saturated rings. The lowest BCUT2D eigenvalue weighted by Gasteiger charge is -2.42. The number of aliphatic hydroxyl groups excluding tert-OH is 1. The van der Waals surface area contributed by atoms with Crippen molar-refractivity contribution in [2.75, 3.05) is 6.54 Å². The maximum absolute atomic E-state index is 11.3. The Balaban J connectivity index is 2.87. The fourth-order valence-corrected chi connectivity index (χ4v) is 2.80. The molecule has 0 aromatic carbocycles. The van der Waals surface area contributed by atoms with E-state index in [1.807, 2.05) is 11.8 Å². The van der Waals surface area contributed by atoms with Crippen molar-refractivity contribution in [1.82, 2.24) is 4.90 Å². The molecule has 17 heavy (non-hydrogen) atoms. The van der Waals surface area contributed by atoms with Crippen LogP contribution in [0.25, 0.3) is 0 Å². The molecule has 2 N–H and O–H groups in total. The van der Waals surface area contributed by atoms with E-state index in [1.165, 1.54) is 0 Å². The molecule has 2 unspecified atom stereocenters. The number of rotatable bonds is 4. The summed E-state index contributed by atoms with van der Waals surface area (Å²) in [6.45, 7) is 6.05. The molecule has 0 aliphatic heterocycles. The molecule has 0 radical (unpaired) electrons.